The number of imide groups is 1. The average Bonchev–Trinajstić information content (AvgIpc) is 3.35. The summed E-state index contributed by atoms with van der Waals surface area (Å²) in [7, 11) is 0. The quantitative estimate of drug-likeness (QED) is 0.553. The molecule has 0 N–H and O–H groups in total. The van der Waals surface area contributed by atoms with Gasteiger partial charge in [-0.25, -0.2) is 9.96 Å². The van der Waals surface area contributed by atoms with E-state index in [-0.39, 0.29) is 11.8 Å². The van der Waals surface area contributed by atoms with Crippen LogP contribution in [0.3, 0.4) is 0 Å². The third-order valence-corrected chi connectivity index (χ3v) is 5.72. The lowest BCUT2D eigenvalue weighted by Gasteiger charge is -2.28. The first-order valence-corrected chi connectivity index (χ1v) is 10.7. The summed E-state index contributed by atoms with van der Waals surface area (Å²) in [6.07, 6.45) is 3.40. The van der Waals surface area contributed by atoms with Gasteiger partial charge in [-0.3, -0.25) is 19.4 Å². The standard InChI is InChI=1S/C25H23N3O4/c1-2-15-31-20-12-10-18(11-13-20)27-24(29)21-22(17-7-6-14-26-16-17)28(32-23(21)25(27)30)19-8-4-3-5-9-19/h3-14,16,21-23H,2,15H2,1H3/t21-,22+,23+/m1/s1. The van der Waals surface area contributed by atoms with E-state index in [0.29, 0.717) is 18.0 Å². The molecule has 2 amide bonds. The van der Waals surface area contributed by atoms with Crippen molar-refractivity contribution in [2.75, 3.05) is 16.6 Å². The van der Waals surface area contributed by atoms with Crippen molar-refractivity contribution in [2.24, 2.45) is 5.92 Å². The van der Waals surface area contributed by atoms with Crippen LogP contribution in [0.5, 0.6) is 5.75 Å². The molecule has 0 saturated carbocycles. The van der Waals surface area contributed by atoms with Crippen LogP contribution in [0.15, 0.2) is 79.1 Å². The Kier molecular flexibility index (Phi) is 5.33. The van der Waals surface area contributed by atoms with Crippen LogP contribution in [0.2, 0.25) is 0 Å². The Labute approximate surface area is 186 Å². The number of fused-ring (bicyclic) bond motifs is 1. The van der Waals surface area contributed by atoms with Gasteiger partial charge in [-0.2, -0.15) is 0 Å². The molecular weight excluding hydrogens is 406 g/mol. The highest BCUT2D eigenvalue weighted by Gasteiger charge is 2.60. The van der Waals surface area contributed by atoms with E-state index in [1.807, 2.05) is 49.4 Å². The fourth-order valence-corrected chi connectivity index (χ4v) is 4.27. The molecule has 1 aromatic heterocycles. The summed E-state index contributed by atoms with van der Waals surface area (Å²) >= 11 is 0. The van der Waals surface area contributed by atoms with Crippen LogP contribution in [0.1, 0.15) is 24.9 Å². The monoisotopic (exact) mass is 429 g/mol. The number of para-hydroxylation sites is 1. The number of hydrogen-bond donors (Lipinski definition) is 0. The van der Waals surface area contributed by atoms with Crippen LogP contribution in [-0.4, -0.2) is 29.5 Å². The van der Waals surface area contributed by atoms with Gasteiger partial charge in [0.2, 0.25) is 5.91 Å². The molecule has 7 heteroatoms. The molecule has 3 heterocycles. The second-order valence-corrected chi connectivity index (χ2v) is 7.80. The number of rotatable bonds is 6. The van der Waals surface area contributed by atoms with Gasteiger partial charge in [0.25, 0.3) is 5.91 Å². The van der Waals surface area contributed by atoms with Crippen LogP contribution in [0.4, 0.5) is 11.4 Å². The summed E-state index contributed by atoms with van der Waals surface area (Å²) in [4.78, 5) is 38.4. The van der Waals surface area contributed by atoms with Gasteiger partial charge in [-0.15, -0.1) is 0 Å². The van der Waals surface area contributed by atoms with Crippen molar-refractivity contribution in [3.05, 3.63) is 84.7 Å². The molecule has 0 radical (unpaired) electrons. The normalized spacial score (nSPS) is 22.3. The molecule has 0 bridgehead atoms. The predicted octanol–water partition coefficient (Wildman–Crippen LogP) is 3.92. The third kappa shape index (κ3) is 3.40. The Balaban J connectivity index is 1.49. The highest BCUT2D eigenvalue weighted by Crippen LogP contribution is 2.47. The van der Waals surface area contributed by atoms with Crippen molar-refractivity contribution in [3.63, 3.8) is 0 Å². The van der Waals surface area contributed by atoms with Crippen LogP contribution >= 0.6 is 0 Å². The minimum atomic E-state index is -0.899. The van der Waals surface area contributed by atoms with Gasteiger partial charge in [-0.05, 0) is 54.4 Å². The molecule has 7 nitrogen and oxygen atoms in total. The maximum absolute atomic E-state index is 13.6. The minimum Gasteiger partial charge on any atom is -0.494 e. The van der Waals surface area contributed by atoms with Gasteiger partial charge in [0.15, 0.2) is 6.10 Å². The van der Waals surface area contributed by atoms with E-state index >= 15 is 0 Å². The van der Waals surface area contributed by atoms with Crippen LogP contribution in [0.25, 0.3) is 0 Å². The van der Waals surface area contributed by atoms with Crippen molar-refractivity contribution < 1.29 is 19.2 Å². The molecule has 2 saturated heterocycles. The number of hydroxylamine groups is 1. The van der Waals surface area contributed by atoms with E-state index < -0.39 is 18.1 Å². The SMILES string of the molecule is CCCOc1ccc(N2C(=O)[C@H]3[C@H](ON(c4ccccc4)[C@H]3c3cccnc3)C2=O)cc1. The molecule has 2 aliphatic heterocycles. The Morgan fingerprint density at radius 1 is 0.938 bits per heavy atom. The van der Waals surface area contributed by atoms with Crippen LogP contribution in [-0.2, 0) is 14.4 Å². The largest absolute Gasteiger partial charge is 0.494 e. The average molecular weight is 429 g/mol. The molecule has 0 aliphatic carbocycles. The predicted molar refractivity (Wildman–Crippen MR) is 119 cm³/mol. The Morgan fingerprint density at radius 3 is 2.41 bits per heavy atom. The highest BCUT2D eigenvalue weighted by molar-refractivity contribution is 6.23. The maximum atomic E-state index is 13.6. The van der Waals surface area contributed by atoms with Gasteiger partial charge in [0.05, 0.1) is 24.0 Å². The number of benzene rings is 2. The van der Waals surface area contributed by atoms with E-state index in [9.17, 15) is 9.59 Å². The molecule has 2 aliphatic rings. The lowest BCUT2D eigenvalue weighted by molar-refractivity contribution is -0.126. The van der Waals surface area contributed by atoms with Crippen molar-refractivity contribution >= 4 is 23.2 Å². The Bertz CT molecular complexity index is 1110. The molecule has 2 aromatic carbocycles. The molecule has 0 spiro atoms. The Hall–Kier alpha value is -3.71. The number of amides is 2. The summed E-state index contributed by atoms with van der Waals surface area (Å²) in [5, 5.41) is 1.67. The third-order valence-electron chi connectivity index (χ3n) is 5.72. The van der Waals surface area contributed by atoms with Crippen molar-refractivity contribution in [2.45, 2.75) is 25.5 Å². The molecule has 5 rings (SSSR count). The van der Waals surface area contributed by atoms with Crippen molar-refractivity contribution in [3.8, 4) is 5.75 Å². The van der Waals surface area contributed by atoms with E-state index in [1.165, 1.54) is 4.90 Å². The van der Waals surface area contributed by atoms with Crippen molar-refractivity contribution in [1.82, 2.24) is 4.98 Å². The lowest BCUT2D eigenvalue weighted by Crippen LogP contribution is -2.37. The molecule has 0 unspecified atom stereocenters. The number of aromatic nitrogens is 1. The number of carbonyl (C=O) groups excluding carboxylic acids is 2. The minimum absolute atomic E-state index is 0.283. The maximum Gasteiger partial charge on any atom is 0.266 e. The molecule has 3 aromatic rings. The van der Waals surface area contributed by atoms with E-state index in [0.717, 1.165) is 17.7 Å². The summed E-state index contributed by atoms with van der Waals surface area (Å²) < 4.78 is 5.61. The van der Waals surface area contributed by atoms with E-state index in [1.54, 1.807) is 41.7 Å². The van der Waals surface area contributed by atoms with Gasteiger partial charge in [-0.1, -0.05) is 31.2 Å². The highest BCUT2D eigenvalue weighted by atomic mass is 16.7. The first kappa shape index (κ1) is 20.2. The molecule has 3 atom stereocenters. The summed E-state index contributed by atoms with van der Waals surface area (Å²) in [6, 6.07) is 19.8. The second-order valence-electron chi connectivity index (χ2n) is 7.80. The van der Waals surface area contributed by atoms with E-state index in [4.69, 9.17) is 9.57 Å². The number of pyridine rings is 1. The van der Waals surface area contributed by atoms with Gasteiger partial charge >= 0.3 is 0 Å². The fourth-order valence-electron chi connectivity index (χ4n) is 4.27. The Morgan fingerprint density at radius 2 is 1.72 bits per heavy atom. The number of hydrogen-bond acceptors (Lipinski definition) is 6. The second kappa shape index (κ2) is 8.43. The lowest BCUT2D eigenvalue weighted by atomic mass is 9.91. The number of ether oxygens (including phenoxy) is 1. The van der Waals surface area contributed by atoms with Gasteiger partial charge in [0.1, 0.15) is 11.7 Å². The zero-order valence-corrected chi connectivity index (χ0v) is 17.6. The molecule has 162 valence electrons. The topological polar surface area (TPSA) is 72.0 Å². The molecule has 2 fully saturated rings. The summed E-state index contributed by atoms with van der Waals surface area (Å²) in [5.74, 6) is -0.624. The van der Waals surface area contributed by atoms with Gasteiger partial charge < -0.3 is 4.74 Å². The summed E-state index contributed by atoms with van der Waals surface area (Å²) in [5.41, 5.74) is 2.11. The molecule has 32 heavy (non-hydrogen) atoms. The van der Waals surface area contributed by atoms with Crippen molar-refractivity contribution in [1.29, 1.82) is 0 Å². The zero-order chi connectivity index (χ0) is 22.1. The van der Waals surface area contributed by atoms with Gasteiger partial charge in [0, 0.05) is 12.4 Å². The van der Waals surface area contributed by atoms with Crippen LogP contribution in [0, 0.1) is 5.92 Å². The fraction of sp³-hybridized carbons (Fsp3) is 0.240. The van der Waals surface area contributed by atoms with E-state index in [2.05, 4.69) is 4.98 Å². The number of anilines is 2. The number of nitrogens with zero attached hydrogens (tertiary/aromatic N) is 3. The molecular formula is C25H23N3O4. The number of carbonyl (C=O) groups is 2. The smallest absolute Gasteiger partial charge is 0.266 e. The first-order chi connectivity index (χ1) is 15.7. The summed E-state index contributed by atoms with van der Waals surface area (Å²) in [6.45, 7) is 2.65. The zero-order valence-electron chi connectivity index (χ0n) is 17.6. The van der Waals surface area contributed by atoms with Crippen LogP contribution < -0.4 is 14.7 Å². The first-order valence-electron chi connectivity index (χ1n) is 10.7.